The van der Waals surface area contributed by atoms with Crippen molar-refractivity contribution >= 4 is 0 Å². The average molecular weight is 204 g/mol. The summed E-state index contributed by atoms with van der Waals surface area (Å²) >= 11 is 0. The average Bonchev–Trinajstić information content (AvgIpc) is 2.26. The lowest BCUT2D eigenvalue weighted by molar-refractivity contribution is 0.729. The molecule has 0 aliphatic carbocycles. The Hall–Kier alpha value is -1.04. The Bertz CT molecular complexity index is 216. The Morgan fingerprint density at radius 3 is 2.20 bits per heavy atom. The molecule has 0 fully saturated rings. The summed E-state index contributed by atoms with van der Waals surface area (Å²) in [5, 5.41) is 0. The van der Waals surface area contributed by atoms with Crippen LogP contribution in [-0.4, -0.2) is 0 Å². The molecule has 0 saturated carbocycles. The van der Waals surface area contributed by atoms with Crippen LogP contribution in [0.4, 0.5) is 0 Å². The first-order valence-electron chi connectivity index (χ1n) is 6.01. The lowest BCUT2D eigenvalue weighted by atomic mass is 10.2. The van der Waals surface area contributed by atoms with Gasteiger partial charge in [0.25, 0.3) is 0 Å². The molecule has 0 aromatic carbocycles. The third-order valence-corrected chi connectivity index (χ3v) is 2.09. The highest BCUT2D eigenvalue weighted by Gasteiger charge is 1.79. The maximum absolute atomic E-state index is 2.24. The molecule has 0 bridgehead atoms. The zero-order valence-electron chi connectivity index (χ0n) is 10.2. The van der Waals surface area contributed by atoms with Crippen LogP contribution in [0.25, 0.3) is 0 Å². The molecule has 0 spiro atoms. The SMILES string of the molecule is CC=CCC=CC=CC=CCCCCC. The molecule has 0 unspecified atom stereocenters. The maximum Gasteiger partial charge on any atom is -0.0166 e. The number of unbranched alkanes of at least 4 members (excludes halogenated alkanes) is 3. The predicted molar refractivity (Wildman–Crippen MR) is 71.0 cm³/mol. The number of hydrogen-bond acceptors (Lipinski definition) is 0. The molecule has 0 aliphatic heterocycles. The van der Waals surface area contributed by atoms with E-state index in [1.54, 1.807) is 0 Å². The zero-order chi connectivity index (χ0) is 11.2. The third-order valence-electron chi connectivity index (χ3n) is 2.09. The van der Waals surface area contributed by atoms with Crippen LogP contribution in [-0.2, 0) is 0 Å². The van der Waals surface area contributed by atoms with Gasteiger partial charge in [-0.25, -0.2) is 0 Å². The Balaban J connectivity index is 3.40. The summed E-state index contributed by atoms with van der Waals surface area (Å²) in [5.74, 6) is 0. The van der Waals surface area contributed by atoms with Gasteiger partial charge in [0.15, 0.2) is 0 Å². The summed E-state index contributed by atoms with van der Waals surface area (Å²) in [5.41, 5.74) is 0. The number of rotatable bonds is 8. The predicted octanol–water partition coefficient (Wildman–Crippen LogP) is 5.20. The molecular formula is C15H24. The van der Waals surface area contributed by atoms with E-state index in [0.717, 1.165) is 6.42 Å². The van der Waals surface area contributed by atoms with E-state index in [0.29, 0.717) is 0 Å². The standard InChI is InChI=1S/C15H24/c1-3-5-7-9-11-13-15-14-12-10-8-6-4-2/h3,5,9,11-15H,4,6-8,10H2,1-2H3. The summed E-state index contributed by atoms with van der Waals surface area (Å²) in [7, 11) is 0. The third kappa shape index (κ3) is 13.0. The molecule has 0 N–H and O–H groups in total. The van der Waals surface area contributed by atoms with Crippen molar-refractivity contribution in [2.24, 2.45) is 0 Å². The molecule has 0 heterocycles. The van der Waals surface area contributed by atoms with Crippen LogP contribution >= 0.6 is 0 Å². The Labute approximate surface area is 95.1 Å². The van der Waals surface area contributed by atoms with Crippen molar-refractivity contribution in [1.29, 1.82) is 0 Å². The summed E-state index contributed by atoms with van der Waals surface area (Å²) in [4.78, 5) is 0. The molecular weight excluding hydrogens is 180 g/mol. The van der Waals surface area contributed by atoms with Crippen LogP contribution in [0.5, 0.6) is 0 Å². The molecule has 0 aliphatic rings. The largest absolute Gasteiger partial charge is 0.0914 e. The molecule has 0 amide bonds. The summed E-state index contributed by atoms with van der Waals surface area (Å²) < 4.78 is 0. The quantitative estimate of drug-likeness (QED) is 0.289. The van der Waals surface area contributed by atoms with Crippen LogP contribution in [0.15, 0.2) is 48.6 Å². The second-order valence-corrected chi connectivity index (χ2v) is 3.54. The summed E-state index contributed by atoms with van der Waals surface area (Å²) in [6.07, 6.45) is 23.2. The highest BCUT2D eigenvalue weighted by molar-refractivity contribution is 5.11. The van der Waals surface area contributed by atoms with Gasteiger partial charge in [-0.15, -0.1) is 0 Å². The van der Waals surface area contributed by atoms with E-state index in [9.17, 15) is 0 Å². The van der Waals surface area contributed by atoms with Gasteiger partial charge < -0.3 is 0 Å². The van der Waals surface area contributed by atoms with E-state index in [2.05, 4.69) is 55.5 Å². The van der Waals surface area contributed by atoms with Crippen LogP contribution in [0, 0.1) is 0 Å². The molecule has 15 heavy (non-hydrogen) atoms. The zero-order valence-corrected chi connectivity index (χ0v) is 10.2. The van der Waals surface area contributed by atoms with Crippen molar-refractivity contribution in [1.82, 2.24) is 0 Å². The molecule has 0 atom stereocenters. The molecule has 0 radical (unpaired) electrons. The van der Waals surface area contributed by atoms with Crippen LogP contribution in [0.3, 0.4) is 0 Å². The summed E-state index contributed by atoms with van der Waals surface area (Å²) in [6, 6.07) is 0. The lowest BCUT2D eigenvalue weighted by Crippen LogP contribution is -1.69. The van der Waals surface area contributed by atoms with Gasteiger partial charge in [0, 0.05) is 0 Å². The summed E-state index contributed by atoms with van der Waals surface area (Å²) in [6.45, 7) is 4.28. The minimum atomic E-state index is 1.03. The van der Waals surface area contributed by atoms with Crippen molar-refractivity contribution in [3.63, 3.8) is 0 Å². The first-order chi connectivity index (χ1) is 7.41. The van der Waals surface area contributed by atoms with Gasteiger partial charge in [-0.05, 0) is 26.2 Å². The molecule has 0 aromatic rings. The molecule has 0 heteroatoms. The van der Waals surface area contributed by atoms with Crippen molar-refractivity contribution in [2.45, 2.75) is 46.0 Å². The number of hydrogen-bond donors (Lipinski definition) is 0. The van der Waals surface area contributed by atoms with Crippen molar-refractivity contribution in [3.05, 3.63) is 48.6 Å². The van der Waals surface area contributed by atoms with E-state index in [1.807, 2.05) is 6.92 Å². The Kier molecular flexibility index (Phi) is 12.1. The van der Waals surface area contributed by atoms with Gasteiger partial charge in [-0.1, -0.05) is 68.4 Å². The highest BCUT2D eigenvalue weighted by atomic mass is 13.9. The van der Waals surface area contributed by atoms with E-state index < -0.39 is 0 Å². The minimum absolute atomic E-state index is 1.03. The molecule has 0 aromatic heterocycles. The second-order valence-electron chi connectivity index (χ2n) is 3.54. The number of allylic oxidation sites excluding steroid dienone is 8. The first kappa shape index (κ1) is 14.0. The minimum Gasteiger partial charge on any atom is -0.0914 e. The maximum atomic E-state index is 2.24. The van der Waals surface area contributed by atoms with Gasteiger partial charge in [-0.2, -0.15) is 0 Å². The smallest absolute Gasteiger partial charge is 0.0166 e. The fourth-order valence-electron chi connectivity index (χ4n) is 1.19. The highest BCUT2D eigenvalue weighted by Crippen LogP contribution is 1.99. The van der Waals surface area contributed by atoms with Gasteiger partial charge in [0.1, 0.15) is 0 Å². The molecule has 0 nitrogen and oxygen atoms in total. The lowest BCUT2D eigenvalue weighted by Gasteiger charge is -1.89. The van der Waals surface area contributed by atoms with Crippen LogP contribution < -0.4 is 0 Å². The van der Waals surface area contributed by atoms with Crippen LogP contribution in [0.2, 0.25) is 0 Å². The van der Waals surface area contributed by atoms with Gasteiger partial charge in [0.05, 0.1) is 0 Å². The van der Waals surface area contributed by atoms with Crippen molar-refractivity contribution in [3.8, 4) is 0 Å². The fraction of sp³-hybridized carbons (Fsp3) is 0.467. The van der Waals surface area contributed by atoms with Crippen molar-refractivity contribution < 1.29 is 0 Å². The van der Waals surface area contributed by atoms with E-state index in [1.165, 1.54) is 25.7 Å². The van der Waals surface area contributed by atoms with Gasteiger partial charge in [0.2, 0.25) is 0 Å². The van der Waals surface area contributed by atoms with Crippen molar-refractivity contribution in [2.75, 3.05) is 0 Å². The molecule has 0 saturated heterocycles. The van der Waals surface area contributed by atoms with E-state index in [-0.39, 0.29) is 0 Å². The van der Waals surface area contributed by atoms with Crippen LogP contribution in [0.1, 0.15) is 46.0 Å². The topological polar surface area (TPSA) is 0 Å². The van der Waals surface area contributed by atoms with Gasteiger partial charge in [-0.3, -0.25) is 0 Å². The normalized spacial score (nSPS) is 12.9. The Morgan fingerprint density at radius 2 is 1.53 bits per heavy atom. The first-order valence-corrected chi connectivity index (χ1v) is 6.01. The fourth-order valence-corrected chi connectivity index (χ4v) is 1.19. The monoisotopic (exact) mass is 204 g/mol. The Morgan fingerprint density at radius 1 is 0.800 bits per heavy atom. The van der Waals surface area contributed by atoms with E-state index in [4.69, 9.17) is 0 Å². The second kappa shape index (κ2) is 13.0. The van der Waals surface area contributed by atoms with Gasteiger partial charge >= 0.3 is 0 Å². The molecule has 84 valence electrons. The molecule has 0 rings (SSSR count). The van der Waals surface area contributed by atoms with E-state index >= 15 is 0 Å².